The minimum atomic E-state index is -1.43. The van der Waals surface area contributed by atoms with Crippen molar-refractivity contribution in [3.05, 3.63) is 90.0 Å². The maximum atomic E-state index is 14.3. The quantitative estimate of drug-likeness (QED) is 0.0569. The third kappa shape index (κ3) is 17.8. The number of hydrogen-bond donors (Lipinski definition) is 8. The molecule has 0 saturated carbocycles. The van der Waals surface area contributed by atoms with Crippen LogP contribution in [-0.4, -0.2) is 129 Å². The second kappa shape index (κ2) is 26.7. The number of hydrogen-bond acceptors (Lipinski definition) is 12. The van der Waals surface area contributed by atoms with Gasteiger partial charge in [-0.05, 0) is 55.6 Å². The number of nitrogens with one attached hydrogen (secondary N) is 6. The molecule has 0 spiro atoms. The van der Waals surface area contributed by atoms with Crippen molar-refractivity contribution in [1.82, 2.24) is 41.5 Å². The summed E-state index contributed by atoms with van der Waals surface area (Å²) < 4.78 is 10.2. The van der Waals surface area contributed by atoms with Crippen LogP contribution in [0.1, 0.15) is 90.0 Å². The lowest BCUT2D eigenvalue weighted by Gasteiger charge is -2.30. The summed E-state index contributed by atoms with van der Waals surface area (Å²) in [5.74, 6) is -3.91. The van der Waals surface area contributed by atoms with Crippen LogP contribution in [0.5, 0.6) is 0 Å². The maximum absolute atomic E-state index is 14.3. The zero-order chi connectivity index (χ0) is 49.0. The molecule has 67 heavy (non-hydrogen) atoms. The standard InChI is InChI=1S/C48H68N8O11/c1-29(2)20-35(40(57)24-42(59)51-31(5)44(61)52-36(21-30(3)4)41(58)25-43(60)66-6)53-46(63)38(23-34-26-49-28-50-34)54-45(62)37(22-32-14-9-7-10-15-32)55-47(64)39-18-13-19-56(39)48(65)67-27-33-16-11-8-12-17-33/h7-12,14-17,26,28-31,35-41,57-58H,13,18-25,27H2,1-6H3,(H,49,50)(H,51,59)(H,52,61)(H,53,63)(H,54,62)(H,55,64)/t31-,35-,36-,37-,38-,39-,40-,41-/m0/s1. The van der Waals surface area contributed by atoms with E-state index in [4.69, 9.17) is 4.74 Å². The Morgan fingerprint density at radius 3 is 1.88 bits per heavy atom. The Balaban J connectivity index is 1.46. The van der Waals surface area contributed by atoms with Crippen molar-refractivity contribution in [1.29, 1.82) is 0 Å². The summed E-state index contributed by atoms with van der Waals surface area (Å²) in [6, 6.07) is 11.9. The summed E-state index contributed by atoms with van der Waals surface area (Å²) >= 11 is 0. The van der Waals surface area contributed by atoms with Gasteiger partial charge in [0.25, 0.3) is 0 Å². The Kier molecular flexibility index (Phi) is 21.2. The van der Waals surface area contributed by atoms with E-state index in [2.05, 4.69) is 41.3 Å². The lowest BCUT2D eigenvalue weighted by atomic mass is 9.96. The van der Waals surface area contributed by atoms with Crippen molar-refractivity contribution < 1.29 is 53.2 Å². The van der Waals surface area contributed by atoms with Gasteiger partial charge in [-0.25, -0.2) is 9.78 Å². The fraction of sp³-hybridized carbons (Fsp3) is 0.542. The van der Waals surface area contributed by atoms with Crippen molar-refractivity contribution >= 4 is 41.6 Å². The molecule has 366 valence electrons. The Morgan fingerprint density at radius 2 is 1.30 bits per heavy atom. The number of imidazole rings is 1. The van der Waals surface area contributed by atoms with Crippen LogP contribution >= 0.6 is 0 Å². The molecule has 1 aliphatic heterocycles. The average Bonchev–Trinajstić information content (AvgIpc) is 4.01. The summed E-state index contributed by atoms with van der Waals surface area (Å²) in [6.45, 7) is 9.27. The number of aliphatic hydroxyl groups is 2. The van der Waals surface area contributed by atoms with E-state index in [1.807, 2.05) is 64.1 Å². The van der Waals surface area contributed by atoms with Crippen molar-refractivity contribution in [2.45, 2.75) is 141 Å². The highest BCUT2D eigenvalue weighted by Gasteiger charge is 2.38. The molecule has 2 aromatic carbocycles. The van der Waals surface area contributed by atoms with Crippen molar-refractivity contribution in [2.24, 2.45) is 11.8 Å². The SMILES string of the molecule is COC(=O)C[C@H](O)[C@H](CC(C)C)NC(=O)[C@H](C)NC(=O)C[C@H](O)[C@H](CC(C)C)NC(=O)[C@H](Cc1cnc[nH]1)NC(=O)[C@H](Cc1ccccc1)NC(=O)[C@@H]1CCCN1C(=O)OCc1ccccc1. The van der Waals surface area contributed by atoms with Crippen LogP contribution in [0.4, 0.5) is 4.79 Å². The highest BCUT2D eigenvalue weighted by atomic mass is 16.6. The van der Waals surface area contributed by atoms with E-state index in [1.54, 1.807) is 24.3 Å². The van der Waals surface area contributed by atoms with E-state index in [9.17, 15) is 43.8 Å². The summed E-state index contributed by atoms with van der Waals surface area (Å²) in [4.78, 5) is 102. The Labute approximate surface area is 391 Å². The number of amides is 6. The molecule has 3 aromatic rings. The van der Waals surface area contributed by atoms with E-state index in [-0.39, 0.29) is 50.7 Å². The number of carbonyl (C=O) groups excluding carboxylic acids is 7. The van der Waals surface area contributed by atoms with Crippen LogP contribution < -0.4 is 26.6 Å². The third-order valence-electron chi connectivity index (χ3n) is 11.3. The van der Waals surface area contributed by atoms with Gasteiger partial charge in [-0.15, -0.1) is 0 Å². The maximum Gasteiger partial charge on any atom is 0.410 e. The van der Waals surface area contributed by atoms with Crippen molar-refractivity contribution in [3.63, 3.8) is 0 Å². The molecule has 0 bridgehead atoms. The molecule has 4 rings (SSSR count). The molecule has 8 N–H and O–H groups in total. The molecule has 19 heteroatoms. The molecule has 0 radical (unpaired) electrons. The summed E-state index contributed by atoms with van der Waals surface area (Å²) in [6.07, 6.45) is 0.217. The van der Waals surface area contributed by atoms with Crippen LogP contribution in [0.3, 0.4) is 0 Å². The number of aromatic amines is 1. The van der Waals surface area contributed by atoms with Gasteiger partial charge in [0, 0.05) is 31.3 Å². The third-order valence-corrected chi connectivity index (χ3v) is 11.3. The van der Waals surface area contributed by atoms with Gasteiger partial charge < -0.3 is 51.3 Å². The number of ether oxygens (including phenoxy) is 2. The van der Waals surface area contributed by atoms with Gasteiger partial charge in [0.2, 0.25) is 29.5 Å². The molecule has 1 aliphatic rings. The molecule has 1 aromatic heterocycles. The van der Waals surface area contributed by atoms with Crippen LogP contribution in [-0.2, 0) is 57.7 Å². The van der Waals surface area contributed by atoms with Crippen LogP contribution in [0.25, 0.3) is 0 Å². The Hall–Kier alpha value is -6.34. The summed E-state index contributed by atoms with van der Waals surface area (Å²) in [5, 5.41) is 35.8. The minimum Gasteiger partial charge on any atom is -0.469 e. The molecule has 6 amide bonds. The number of rotatable bonds is 25. The fourth-order valence-corrected chi connectivity index (χ4v) is 7.81. The zero-order valence-electron chi connectivity index (χ0n) is 39.2. The summed E-state index contributed by atoms with van der Waals surface area (Å²) in [7, 11) is 1.19. The van der Waals surface area contributed by atoms with Crippen LogP contribution in [0.15, 0.2) is 73.2 Å². The number of aromatic nitrogens is 2. The topological polar surface area (TPSA) is 270 Å². The highest BCUT2D eigenvalue weighted by Crippen LogP contribution is 2.20. The van der Waals surface area contributed by atoms with E-state index in [0.717, 1.165) is 11.1 Å². The normalized spacial score (nSPS) is 16.7. The zero-order valence-corrected chi connectivity index (χ0v) is 39.2. The lowest BCUT2D eigenvalue weighted by molar-refractivity contribution is -0.144. The molecule has 2 heterocycles. The molecule has 1 fully saturated rings. The van der Waals surface area contributed by atoms with Gasteiger partial charge in [0.05, 0.1) is 50.6 Å². The van der Waals surface area contributed by atoms with Gasteiger partial charge in [-0.3, -0.25) is 33.7 Å². The van der Waals surface area contributed by atoms with E-state index in [0.29, 0.717) is 25.0 Å². The Morgan fingerprint density at radius 1 is 0.731 bits per heavy atom. The first-order chi connectivity index (χ1) is 31.9. The van der Waals surface area contributed by atoms with Crippen molar-refractivity contribution in [2.75, 3.05) is 13.7 Å². The molecule has 0 unspecified atom stereocenters. The molecular weight excluding hydrogens is 865 g/mol. The highest BCUT2D eigenvalue weighted by molar-refractivity contribution is 5.94. The predicted molar refractivity (Wildman–Crippen MR) is 246 cm³/mol. The van der Waals surface area contributed by atoms with Crippen LogP contribution in [0, 0.1) is 11.8 Å². The Bertz CT molecular complexity index is 2050. The lowest BCUT2D eigenvalue weighted by Crippen LogP contribution is -2.59. The monoisotopic (exact) mass is 933 g/mol. The van der Waals surface area contributed by atoms with Gasteiger partial charge >= 0.3 is 12.1 Å². The average molecular weight is 933 g/mol. The number of esters is 1. The number of aliphatic hydroxyl groups excluding tert-OH is 2. The minimum absolute atomic E-state index is 0.0246. The number of nitrogens with zero attached hydrogens (tertiary/aromatic N) is 2. The molecule has 0 aliphatic carbocycles. The first-order valence-electron chi connectivity index (χ1n) is 22.9. The second-order valence-corrected chi connectivity index (χ2v) is 17.9. The predicted octanol–water partition coefficient (Wildman–Crippen LogP) is 2.21. The summed E-state index contributed by atoms with van der Waals surface area (Å²) in [5.41, 5.74) is 2.01. The number of benzene rings is 2. The molecule has 19 nitrogen and oxygen atoms in total. The van der Waals surface area contributed by atoms with Crippen molar-refractivity contribution in [3.8, 4) is 0 Å². The largest absolute Gasteiger partial charge is 0.469 e. The van der Waals surface area contributed by atoms with E-state index in [1.165, 1.54) is 31.5 Å². The second-order valence-electron chi connectivity index (χ2n) is 17.9. The van der Waals surface area contributed by atoms with E-state index >= 15 is 0 Å². The number of carbonyl (C=O) groups is 7. The fourth-order valence-electron chi connectivity index (χ4n) is 7.81. The molecule has 8 atom stereocenters. The smallest absolute Gasteiger partial charge is 0.410 e. The molecular formula is C48H68N8O11. The number of methoxy groups -OCH3 is 1. The van der Waals surface area contributed by atoms with Crippen LogP contribution in [0.2, 0.25) is 0 Å². The van der Waals surface area contributed by atoms with Gasteiger partial charge in [-0.2, -0.15) is 0 Å². The number of likely N-dealkylation sites (tertiary alicyclic amines) is 1. The number of H-pyrrole nitrogens is 1. The van der Waals surface area contributed by atoms with E-state index < -0.39 is 96.5 Å². The van der Waals surface area contributed by atoms with Gasteiger partial charge in [0.15, 0.2) is 0 Å². The van der Waals surface area contributed by atoms with Gasteiger partial charge in [0.1, 0.15) is 30.8 Å². The first-order valence-corrected chi connectivity index (χ1v) is 22.9. The molecule has 1 saturated heterocycles. The van der Waals surface area contributed by atoms with Gasteiger partial charge in [-0.1, -0.05) is 88.4 Å². The first kappa shape index (κ1) is 53.3.